The molecule has 1 aliphatic rings. The second-order valence-corrected chi connectivity index (χ2v) is 6.89. The highest BCUT2D eigenvalue weighted by Crippen LogP contribution is 2.44. The van der Waals surface area contributed by atoms with Gasteiger partial charge in [0.1, 0.15) is 0 Å². The fourth-order valence-corrected chi connectivity index (χ4v) is 3.32. The zero-order valence-electron chi connectivity index (χ0n) is 8.98. The summed E-state index contributed by atoms with van der Waals surface area (Å²) in [6, 6.07) is 4.29. The molecule has 0 aromatic carbocycles. The van der Waals surface area contributed by atoms with E-state index in [1.54, 1.807) is 0 Å². The summed E-state index contributed by atoms with van der Waals surface area (Å²) in [5, 5.41) is 6.83. The topological polar surface area (TPSA) is 24.1 Å². The van der Waals surface area contributed by atoms with Crippen molar-refractivity contribution in [1.29, 1.82) is 0 Å². The Morgan fingerprint density at radius 3 is 2.73 bits per heavy atom. The Kier molecular flexibility index (Phi) is 3.83. The van der Waals surface area contributed by atoms with Gasteiger partial charge < -0.3 is 10.6 Å². The maximum absolute atomic E-state index is 3.55. The molecule has 1 aromatic heterocycles. The molecule has 1 aromatic rings. The molecule has 0 amide bonds. The number of hydrogen-bond acceptors (Lipinski definition) is 3. The number of hydrogen-bond donors (Lipinski definition) is 2. The number of halogens is 1. The molecule has 0 unspecified atom stereocenters. The van der Waals surface area contributed by atoms with Gasteiger partial charge in [0.2, 0.25) is 0 Å². The summed E-state index contributed by atoms with van der Waals surface area (Å²) in [5.74, 6) is 0. The fourth-order valence-electron chi connectivity index (χ4n) is 1.87. The smallest absolute Gasteiger partial charge is 0.0701 e. The van der Waals surface area contributed by atoms with Crippen LogP contribution in [-0.2, 0) is 6.54 Å². The van der Waals surface area contributed by atoms with Crippen molar-refractivity contribution in [3.8, 4) is 0 Å². The molecule has 2 rings (SSSR count). The van der Waals surface area contributed by atoms with Crippen molar-refractivity contribution >= 4 is 27.3 Å². The van der Waals surface area contributed by atoms with Gasteiger partial charge in [-0.2, -0.15) is 0 Å². The molecule has 1 aliphatic carbocycles. The summed E-state index contributed by atoms with van der Waals surface area (Å²) in [7, 11) is 2.04. The summed E-state index contributed by atoms with van der Waals surface area (Å²) >= 11 is 5.29. The highest BCUT2D eigenvalue weighted by molar-refractivity contribution is 9.11. The van der Waals surface area contributed by atoms with Crippen molar-refractivity contribution in [2.24, 2.45) is 5.41 Å². The van der Waals surface area contributed by atoms with Gasteiger partial charge in [0.25, 0.3) is 0 Å². The van der Waals surface area contributed by atoms with Crippen LogP contribution >= 0.6 is 27.3 Å². The van der Waals surface area contributed by atoms with Crippen LogP contribution in [0.1, 0.15) is 17.7 Å². The van der Waals surface area contributed by atoms with Crippen molar-refractivity contribution in [3.63, 3.8) is 0 Å². The van der Waals surface area contributed by atoms with Gasteiger partial charge in [-0.3, -0.25) is 0 Å². The van der Waals surface area contributed by atoms with E-state index < -0.39 is 0 Å². The van der Waals surface area contributed by atoms with Crippen LogP contribution in [0.3, 0.4) is 0 Å². The normalized spacial score (nSPS) is 18.0. The van der Waals surface area contributed by atoms with Crippen LogP contribution in [0, 0.1) is 5.41 Å². The summed E-state index contributed by atoms with van der Waals surface area (Å²) in [5.41, 5.74) is 0.559. The van der Waals surface area contributed by atoms with Gasteiger partial charge >= 0.3 is 0 Å². The van der Waals surface area contributed by atoms with Crippen LogP contribution in [0.4, 0.5) is 0 Å². The lowest BCUT2D eigenvalue weighted by molar-refractivity contribution is 0.439. The lowest BCUT2D eigenvalue weighted by atomic mass is 10.1. The lowest BCUT2D eigenvalue weighted by Gasteiger charge is -2.14. The highest BCUT2D eigenvalue weighted by atomic mass is 79.9. The first-order chi connectivity index (χ1) is 7.24. The third-order valence-electron chi connectivity index (χ3n) is 2.94. The maximum atomic E-state index is 3.55. The highest BCUT2D eigenvalue weighted by Gasteiger charge is 2.41. The number of nitrogens with one attached hydrogen (secondary N) is 2. The van der Waals surface area contributed by atoms with E-state index in [1.165, 1.54) is 21.5 Å². The predicted octanol–water partition coefficient (Wildman–Crippen LogP) is 2.60. The molecular formula is C11H17BrN2S. The van der Waals surface area contributed by atoms with Gasteiger partial charge in [0.15, 0.2) is 0 Å². The van der Waals surface area contributed by atoms with E-state index >= 15 is 0 Å². The van der Waals surface area contributed by atoms with Crippen molar-refractivity contribution in [1.82, 2.24) is 10.6 Å². The third-order valence-corrected chi connectivity index (χ3v) is 4.56. The van der Waals surface area contributed by atoms with Crippen molar-refractivity contribution in [2.45, 2.75) is 19.4 Å². The SMILES string of the molecule is CNCC1(CNCc2ccc(Br)s2)CC1. The maximum Gasteiger partial charge on any atom is 0.0701 e. The van der Waals surface area contributed by atoms with Crippen molar-refractivity contribution in [3.05, 3.63) is 20.8 Å². The van der Waals surface area contributed by atoms with Crippen LogP contribution in [0.2, 0.25) is 0 Å². The fraction of sp³-hybridized carbons (Fsp3) is 0.636. The molecule has 0 saturated heterocycles. The van der Waals surface area contributed by atoms with E-state index in [4.69, 9.17) is 0 Å². The zero-order chi connectivity index (χ0) is 10.7. The summed E-state index contributed by atoms with van der Waals surface area (Å²) in [6.45, 7) is 3.29. The molecule has 0 atom stereocenters. The Bertz CT molecular complexity index is 320. The molecule has 1 fully saturated rings. The molecule has 0 spiro atoms. The lowest BCUT2D eigenvalue weighted by Crippen LogP contribution is -2.30. The summed E-state index contributed by atoms with van der Waals surface area (Å²) in [6.07, 6.45) is 2.74. The van der Waals surface area contributed by atoms with Crippen LogP contribution in [-0.4, -0.2) is 20.1 Å². The van der Waals surface area contributed by atoms with Gasteiger partial charge in [-0.25, -0.2) is 0 Å². The minimum Gasteiger partial charge on any atom is -0.319 e. The summed E-state index contributed by atoms with van der Waals surface area (Å²) in [4.78, 5) is 1.40. The van der Waals surface area contributed by atoms with Gasteiger partial charge in [-0.1, -0.05) is 0 Å². The molecule has 84 valence electrons. The second-order valence-electron chi connectivity index (χ2n) is 4.34. The monoisotopic (exact) mass is 288 g/mol. The number of thiophene rings is 1. The van der Waals surface area contributed by atoms with E-state index in [9.17, 15) is 0 Å². The van der Waals surface area contributed by atoms with Gasteiger partial charge in [-0.05, 0) is 53.4 Å². The standard InChI is InChI=1S/C11H17BrN2S/c1-13-7-11(4-5-11)8-14-6-9-2-3-10(12)15-9/h2-3,13-14H,4-8H2,1H3. The molecule has 0 aliphatic heterocycles. The quantitative estimate of drug-likeness (QED) is 0.841. The van der Waals surface area contributed by atoms with E-state index in [0.717, 1.165) is 19.6 Å². The zero-order valence-corrected chi connectivity index (χ0v) is 11.4. The molecule has 2 nitrogen and oxygen atoms in total. The Balaban J connectivity index is 1.71. The predicted molar refractivity (Wildman–Crippen MR) is 69.3 cm³/mol. The molecule has 1 saturated carbocycles. The third kappa shape index (κ3) is 3.28. The van der Waals surface area contributed by atoms with Crippen LogP contribution in [0.15, 0.2) is 15.9 Å². The van der Waals surface area contributed by atoms with E-state index in [1.807, 2.05) is 18.4 Å². The Morgan fingerprint density at radius 2 is 2.20 bits per heavy atom. The first-order valence-electron chi connectivity index (χ1n) is 5.34. The van der Waals surface area contributed by atoms with Gasteiger partial charge in [0, 0.05) is 24.5 Å². The van der Waals surface area contributed by atoms with E-state index in [2.05, 4.69) is 38.7 Å². The van der Waals surface area contributed by atoms with Crippen LogP contribution < -0.4 is 10.6 Å². The minimum absolute atomic E-state index is 0.559. The van der Waals surface area contributed by atoms with Crippen LogP contribution in [0.5, 0.6) is 0 Å². The molecule has 4 heteroatoms. The Labute approximate surface area is 104 Å². The van der Waals surface area contributed by atoms with Gasteiger partial charge in [-0.15, -0.1) is 11.3 Å². The van der Waals surface area contributed by atoms with Crippen molar-refractivity contribution in [2.75, 3.05) is 20.1 Å². The molecule has 2 N–H and O–H groups in total. The summed E-state index contributed by atoms with van der Waals surface area (Å²) < 4.78 is 1.22. The van der Waals surface area contributed by atoms with E-state index in [-0.39, 0.29) is 0 Å². The van der Waals surface area contributed by atoms with Crippen LogP contribution in [0.25, 0.3) is 0 Å². The van der Waals surface area contributed by atoms with Crippen molar-refractivity contribution < 1.29 is 0 Å². The second kappa shape index (κ2) is 4.95. The number of rotatable bonds is 6. The average molecular weight is 289 g/mol. The largest absolute Gasteiger partial charge is 0.319 e. The Morgan fingerprint density at radius 1 is 1.40 bits per heavy atom. The average Bonchev–Trinajstić information content (AvgIpc) is 2.83. The van der Waals surface area contributed by atoms with Gasteiger partial charge in [0.05, 0.1) is 3.79 Å². The molecule has 0 radical (unpaired) electrons. The minimum atomic E-state index is 0.559. The molecule has 0 bridgehead atoms. The first-order valence-corrected chi connectivity index (χ1v) is 6.95. The van der Waals surface area contributed by atoms with E-state index in [0.29, 0.717) is 5.41 Å². The molecule has 1 heterocycles. The first kappa shape index (κ1) is 11.6. The molecule has 15 heavy (non-hydrogen) atoms. The Hall–Kier alpha value is 0.1000. The molecular weight excluding hydrogens is 272 g/mol.